The summed E-state index contributed by atoms with van der Waals surface area (Å²) in [6, 6.07) is 5.45. The molecule has 0 saturated heterocycles. The number of benzene rings is 1. The van der Waals surface area contributed by atoms with Gasteiger partial charge in [-0.15, -0.1) is 0 Å². The minimum absolute atomic E-state index is 0.537. The van der Waals surface area contributed by atoms with Gasteiger partial charge in [0.25, 0.3) is 0 Å². The lowest BCUT2D eigenvalue weighted by molar-refractivity contribution is -0.671. The first-order chi connectivity index (χ1) is 8.74. The van der Waals surface area contributed by atoms with Crippen LogP contribution < -0.4 is 15.8 Å². The second kappa shape index (κ2) is 9.58. The maximum Gasteiger partial charge on any atom is 0.133 e. The highest BCUT2D eigenvalue weighted by Crippen LogP contribution is 2.27. The average molecular weight is 340 g/mol. The molecular formula is C12H20BrClN2O2+2. The molecule has 0 unspecified atom stereocenters. The van der Waals surface area contributed by atoms with Gasteiger partial charge in [0.15, 0.2) is 0 Å². The van der Waals surface area contributed by atoms with Crippen molar-refractivity contribution in [3.05, 3.63) is 27.7 Å². The molecule has 0 spiro atoms. The lowest BCUT2D eigenvalue weighted by Gasteiger charge is -2.08. The first-order valence-electron chi connectivity index (χ1n) is 6.00. The van der Waals surface area contributed by atoms with Crippen LogP contribution in [-0.2, 0) is 4.74 Å². The largest absolute Gasteiger partial charge is 0.490 e. The molecule has 18 heavy (non-hydrogen) atoms. The fourth-order valence-corrected chi connectivity index (χ4v) is 2.16. The summed E-state index contributed by atoms with van der Waals surface area (Å²) in [5.74, 6) is 0.784. The van der Waals surface area contributed by atoms with E-state index in [-0.39, 0.29) is 0 Å². The van der Waals surface area contributed by atoms with Gasteiger partial charge >= 0.3 is 0 Å². The molecule has 6 heteroatoms. The summed E-state index contributed by atoms with van der Waals surface area (Å²) in [6.07, 6.45) is 0. The van der Waals surface area contributed by atoms with E-state index in [0.717, 1.165) is 36.5 Å². The SMILES string of the molecule is [NH3+]CC[NH2+]CCOCCOc1ccc(Cl)cc1Br. The van der Waals surface area contributed by atoms with Crippen molar-refractivity contribution in [2.24, 2.45) is 0 Å². The molecule has 0 amide bonds. The van der Waals surface area contributed by atoms with E-state index in [1.807, 2.05) is 12.1 Å². The van der Waals surface area contributed by atoms with Crippen LogP contribution in [0.2, 0.25) is 5.02 Å². The van der Waals surface area contributed by atoms with Gasteiger partial charge in [-0.2, -0.15) is 0 Å². The molecule has 102 valence electrons. The van der Waals surface area contributed by atoms with Crippen molar-refractivity contribution in [1.29, 1.82) is 0 Å². The van der Waals surface area contributed by atoms with Crippen LogP contribution in [-0.4, -0.2) is 39.5 Å². The van der Waals surface area contributed by atoms with Gasteiger partial charge in [-0.1, -0.05) is 11.6 Å². The highest BCUT2D eigenvalue weighted by Gasteiger charge is 2.01. The summed E-state index contributed by atoms with van der Waals surface area (Å²) >= 11 is 9.24. The van der Waals surface area contributed by atoms with Gasteiger partial charge in [-0.3, -0.25) is 0 Å². The molecule has 1 aromatic rings. The molecule has 1 aromatic carbocycles. The third kappa shape index (κ3) is 6.56. The summed E-state index contributed by atoms with van der Waals surface area (Å²) in [5.41, 5.74) is 3.77. The van der Waals surface area contributed by atoms with E-state index in [0.29, 0.717) is 18.2 Å². The highest BCUT2D eigenvalue weighted by atomic mass is 79.9. The van der Waals surface area contributed by atoms with E-state index >= 15 is 0 Å². The second-order valence-corrected chi connectivity index (χ2v) is 5.05. The van der Waals surface area contributed by atoms with Gasteiger partial charge in [-0.05, 0) is 34.1 Å². The number of hydrogen-bond acceptors (Lipinski definition) is 2. The Morgan fingerprint density at radius 1 is 1.22 bits per heavy atom. The van der Waals surface area contributed by atoms with E-state index in [4.69, 9.17) is 21.1 Å². The normalized spacial score (nSPS) is 10.6. The van der Waals surface area contributed by atoms with Crippen LogP contribution in [0.4, 0.5) is 0 Å². The lowest BCUT2D eigenvalue weighted by Crippen LogP contribution is -2.88. The maximum atomic E-state index is 5.84. The standard InChI is InChI=1S/C12H18BrClN2O2/c13-11-9-10(14)1-2-12(11)18-8-7-17-6-5-16-4-3-15/h1-2,9,16H,3-8,15H2/p+2. The molecule has 0 bridgehead atoms. The van der Waals surface area contributed by atoms with Crippen molar-refractivity contribution < 1.29 is 20.5 Å². The number of quaternary nitrogens is 2. The van der Waals surface area contributed by atoms with Gasteiger partial charge < -0.3 is 20.5 Å². The second-order valence-electron chi connectivity index (χ2n) is 3.76. The van der Waals surface area contributed by atoms with Crippen molar-refractivity contribution in [3.8, 4) is 5.75 Å². The molecule has 0 aliphatic heterocycles. The minimum Gasteiger partial charge on any atom is -0.490 e. The molecule has 5 N–H and O–H groups in total. The van der Waals surface area contributed by atoms with E-state index in [2.05, 4.69) is 27.0 Å². The van der Waals surface area contributed by atoms with Gasteiger partial charge in [0.1, 0.15) is 25.4 Å². The highest BCUT2D eigenvalue weighted by molar-refractivity contribution is 9.10. The van der Waals surface area contributed by atoms with E-state index < -0.39 is 0 Å². The van der Waals surface area contributed by atoms with Crippen molar-refractivity contribution in [1.82, 2.24) is 0 Å². The van der Waals surface area contributed by atoms with E-state index in [1.54, 1.807) is 6.07 Å². The van der Waals surface area contributed by atoms with E-state index in [1.165, 1.54) is 0 Å². The lowest BCUT2D eigenvalue weighted by atomic mass is 10.3. The Bertz CT molecular complexity index is 353. The third-order valence-electron chi connectivity index (χ3n) is 2.25. The van der Waals surface area contributed by atoms with Crippen molar-refractivity contribution in [3.63, 3.8) is 0 Å². The predicted octanol–water partition coefficient (Wildman–Crippen LogP) is 0.303. The summed E-state index contributed by atoms with van der Waals surface area (Å²) in [5, 5.41) is 2.88. The molecule has 4 nitrogen and oxygen atoms in total. The summed E-state index contributed by atoms with van der Waals surface area (Å²) in [7, 11) is 0. The topological polar surface area (TPSA) is 62.7 Å². The molecule has 0 fully saturated rings. The van der Waals surface area contributed by atoms with Crippen molar-refractivity contribution in [2.75, 3.05) is 39.5 Å². The van der Waals surface area contributed by atoms with Crippen LogP contribution >= 0.6 is 27.5 Å². The van der Waals surface area contributed by atoms with Crippen LogP contribution in [0.1, 0.15) is 0 Å². The quantitative estimate of drug-likeness (QED) is 0.636. The molecule has 0 saturated carbocycles. The fourth-order valence-electron chi connectivity index (χ4n) is 1.36. The Morgan fingerprint density at radius 2 is 2.06 bits per heavy atom. The van der Waals surface area contributed by atoms with Crippen LogP contribution in [0.25, 0.3) is 0 Å². The molecule has 0 aliphatic carbocycles. The molecule has 0 aromatic heterocycles. The van der Waals surface area contributed by atoms with Crippen molar-refractivity contribution >= 4 is 27.5 Å². The number of ether oxygens (including phenoxy) is 2. The van der Waals surface area contributed by atoms with Gasteiger partial charge in [-0.25, -0.2) is 0 Å². The first kappa shape index (κ1) is 15.7. The van der Waals surface area contributed by atoms with Crippen LogP contribution in [0, 0.1) is 0 Å². The molecular weight excluding hydrogens is 320 g/mol. The number of hydrogen-bond donors (Lipinski definition) is 2. The van der Waals surface area contributed by atoms with Crippen LogP contribution in [0.15, 0.2) is 22.7 Å². The molecule has 0 radical (unpaired) electrons. The van der Waals surface area contributed by atoms with Crippen LogP contribution in [0.5, 0.6) is 5.75 Å². The zero-order valence-electron chi connectivity index (χ0n) is 10.3. The van der Waals surface area contributed by atoms with Crippen LogP contribution in [0.3, 0.4) is 0 Å². The van der Waals surface area contributed by atoms with Gasteiger partial charge in [0.2, 0.25) is 0 Å². The molecule has 0 aliphatic rings. The number of rotatable bonds is 9. The fraction of sp³-hybridized carbons (Fsp3) is 0.500. The Labute approximate surface area is 121 Å². The summed E-state index contributed by atoms with van der Waals surface area (Å²) < 4.78 is 11.9. The first-order valence-corrected chi connectivity index (χ1v) is 7.17. The predicted molar refractivity (Wildman–Crippen MR) is 74.9 cm³/mol. The Hall–Kier alpha value is -0.330. The smallest absolute Gasteiger partial charge is 0.133 e. The number of nitrogens with two attached hydrogens (primary N) is 1. The zero-order valence-corrected chi connectivity index (χ0v) is 12.7. The Kier molecular flexibility index (Phi) is 8.37. The summed E-state index contributed by atoms with van der Waals surface area (Å²) in [4.78, 5) is 0. The average Bonchev–Trinajstić information content (AvgIpc) is 2.35. The third-order valence-corrected chi connectivity index (χ3v) is 3.11. The zero-order chi connectivity index (χ0) is 13.2. The molecule has 1 rings (SSSR count). The van der Waals surface area contributed by atoms with Gasteiger partial charge in [0, 0.05) is 5.02 Å². The monoisotopic (exact) mass is 338 g/mol. The molecule has 0 atom stereocenters. The summed E-state index contributed by atoms with van der Waals surface area (Å²) in [6.45, 7) is 4.85. The minimum atomic E-state index is 0.537. The Balaban J connectivity index is 2.07. The maximum absolute atomic E-state index is 5.84. The van der Waals surface area contributed by atoms with Crippen molar-refractivity contribution in [2.45, 2.75) is 0 Å². The van der Waals surface area contributed by atoms with Gasteiger partial charge in [0.05, 0.1) is 24.2 Å². The Morgan fingerprint density at radius 3 is 2.78 bits per heavy atom. The van der Waals surface area contributed by atoms with E-state index in [9.17, 15) is 0 Å². The number of halogens is 2. The molecule has 0 heterocycles.